The number of ether oxygens (including phenoxy) is 1. The fourth-order valence-corrected chi connectivity index (χ4v) is 4.60. The van der Waals surface area contributed by atoms with E-state index in [1.165, 1.54) is 11.1 Å². The van der Waals surface area contributed by atoms with E-state index < -0.39 is 18.1 Å². The van der Waals surface area contributed by atoms with Gasteiger partial charge in [-0.1, -0.05) is 68.8 Å². The minimum Gasteiger partial charge on any atom is -0.480 e. The fourth-order valence-electron chi connectivity index (χ4n) is 4.60. The lowest BCUT2D eigenvalue weighted by atomic mass is 9.98. The molecule has 7 heteroatoms. The van der Waals surface area contributed by atoms with Crippen LogP contribution in [0.15, 0.2) is 48.5 Å². The van der Waals surface area contributed by atoms with E-state index in [9.17, 15) is 19.5 Å². The molecule has 2 amide bonds. The predicted octanol–water partition coefficient (Wildman–Crippen LogP) is 3.78. The first-order chi connectivity index (χ1) is 15.9. The minimum atomic E-state index is -1.02. The second-order valence-corrected chi connectivity index (χ2v) is 9.02. The van der Waals surface area contributed by atoms with Crippen molar-refractivity contribution in [3.05, 3.63) is 59.7 Å². The molecule has 0 aliphatic heterocycles. The number of carboxylic acid groups (broad SMARTS) is 1. The number of fused-ring (bicyclic) bond motifs is 3. The van der Waals surface area contributed by atoms with Gasteiger partial charge in [-0.3, -0.25) is 4.79 Å². The van der Waals surface area contributed by atoms with Crippen molar-refractivity contribution in [1.82, 2.24) is 10.6 Å². The van der Waals surface area contributed by atoms with Gasteiger partial charge in [0.1, 0.15) is 12.6 Å². The predicted molar refractivity (Wildman–Crippen MR) is 124 cm³/mol. The summed E-state index contributed by atoms with van der Waals surface area (Å²) in [5, 5.41) is 14.8. The lowest BCUT2D eigenvalue weighted by molar-refractivity contribution is -0.143. The number of carboxylic acids is 1. The number of hydrogen-bond acceptors (Lipinski definition) is 4. The molecule has 4 rings (SSSR count). The Morgan fingerprint density at radius 1 is 1.06 bits per heavy atom. The van der Waals surface area contributed by atoms with Crippen LogP contribution in [-0.4, -0.2) is 42.3 Å². The number of carbonyl (C=O) groups is 3. The Bertz CT molecular complexity index is 1010. The summed E-state index contributed by atoms with van der Waals surface area (Å²) in [6, 6.07) is 15.4. The van der Waals surface area contributed by atoms with E-state index in [-0.39, 0.29) is 36.2 Å². The van der Waals surface area contributed by atoms with Crippen molar-refractivity contribution in [2.45, 2.75) is 38.6 Å². The largest absolute Gasteiger partial charge is 0.480 e. The van der Waals surface area contributed by atoms with Crippen molar-refractivity contribution in [2.75, 3.05) is 13.2 Å². The van der Waals surface area contributed by atoms with Crippen LogP contribution in [0.3, 0.4) is 0 Å². The SMILES string of the molecule is CCC(C)C(NC(=O)[C@@H]1C[C@@H]1CNC(=O)OCC1c2ccccc2-c2ccccc21)C(=O)O. The van der Waals surface area contributed by atoms with Crippen LogP contribution in [0.1, 0.15) is 43.7 Å². The number of hydrogen-bond donors (Lipinski definition) is 3. The van der Waals surface area contributed by atoms with E-state index in [0.717, 1.165) is 11.1 Å². The number of nitrogens with one attached hydrogen (secondary N) is 2. The average molecular weight is 451 g/mol. The lowest BCUT2D eigenvalue weighted by Crippen LogP contribution is -2.46. The van der Waals surface area contributed by atoms with E-state index in [2.05, 4.69) is 34.9 Å². The summed E-state index contributed by atoms with van der Waals surface area (Å²) in [6.45, 7) is 4.27. The van der Waals surface area contributed by atoms with Gasteiger partial charge in [-0.15, -0.1) is 0 Å². The summed E-state index contributed by atoms with van der Waals surface area (Å²) < 4.78 is 5.53. The van der Waals surface area contributed by atoms with E-state index in [1.54, 1.807) is 0 Å². The smallest absolute Gasteiger partial charge is 0.407 e. The Labute approximate surface area is 193 Å². The molecule has 0 spiro atoms. The van der Waals surface area contributed by atoms with Gasteiger partial charge in [0.15, 0.2) is 0 Å². The van der Waals surface area contributed by atoms with Crippen LogP contribution >= 0.6 is 0 Å². The molecule has 0 aromatic heterocycles. The van der Waals surface area contributed by atoms with Crippen molar-refractivity contribution >= 4 is 18.0 Å². The number of benzene rings is 2. The van der Waals surface area contributed by atoms with Crippen molar-refractivity contribution in [1.29, 1.82) is 0 Å². The standard InChI is InChI=1S/C26H30N2O5/c1-3-15(2)23(25(30)31)28-24(29)21-12-16(21)13-27-26(32)33-14-22-19-10-6-4-8-17(19)18-9-5-7-11-20(18)22/h4-11,15-16,21-23H,3,12-14H2,1-2H3,(H,27,32)(H,28,29)(H,30,31)/t15?,16-,21-,23?/m1/s1. The molecule has 1 fully saturated rings. The molecule has 2 aliphatic carbocycles. The normalized spacial score (nSPS) is 20.2. The Morgan fingerprint density at radius 2 is 1.67 bits per heavy atom. The zero-order valence-corrected chi connectivity index (χ0v) is 18.9. The summed E-state index contributed by atoms with van der Waals surface area (Å²) in [5.41, 5.74) is 4.65. The summed E-state index contributed by atoms with van der Waals surface area (Å²) in [6.07, 6.45) is 0.780. The van der Waals surface area contributed by atoms with Gasteiger partial charge in [-0.25, -0.2) is 9.59 Å². The lowest BCUT2D eigenvalue weighted by Gasteiger charge is -2.20. The molecule has 3 N–H and O–H groups in total. The highest BCUT2D eigenvalue weighted by molar-refractivity contribution is 5.87. The molecule has 0 bridgehead atoms. The number of alkyl carbamates (subject to hydrolysis) is 1. The number of carbonyl (C=O) groups excluding carboxylic acids is 2. The van der Waals surface area contributed by atoms with E-state index in [0.29, 0.717) is 19.4 Å². The van der Waals surface area contributed by atoms with Crippen molar-refractivity contribution in [3.63, 3.8) is 0 Å². The van der Waals surface area contributed by atoms with Crippen molar-refractivity contribution in [2.24, 2.45) is 17.8 Å². The summed E-state index contributed by atoms with van der Waals surface area (Å²) >= 11 is 0. The third kappa shape index (κ3) is 4.87. The van der Waals surface area contributed by atoms with Crippen LogP contribution < -0.4 is 10.6 Å². The number of amides is 2. The van der Waals surface area contributed by atoms with Gasteiger partial charge in [-0.05, 0) is 40.5 Å². The minimum absolute atomic E-state index is 0.00291. The maximum Gasteiger partial charge on any atom is 0.407 e. The van der Waals surface area contributed by atoms with Gasteiger partial charge in [-0.2, -0.15) is 0 Å². The first-order valence-corrected chi connectivity index (χ1v) is 11.5. The molecule has 0 radical (unpaired) electrons. The molecule has 2 aromatic carbocycles. The molecule has 0 saturated heterocycles. The maximum absolute atomic E-state index is 12.4. The van der Waals surface area contributed by atoms with Crippen molar-refractivity contribution in [3.8, 4) is 11.1 Å². The van der Waals surface area contributed by atoms with Gasteiger partial charge in [0.2, 0.25) is 5.91 Å². The molecule has 7 nitrogen and oxygen atoms in total. The summed E-state index contributed by atoms with van der Waals surface area (Å²) in [4.78, 5) is 36.1. The average Bonchev–Trinajstić information content (AvgIpc) is 3.54. The highest BCUT2D eigenvalue weighted by Crippen LogP contribution is 2.44. The molecule has 174 valence electrons. The first kappa shape index (κ1) is 22.8. The van der Waals surface area contributed by atoms with Crippen LogP contribution in [0.25, 0.3) is 11.1 Å². The number of aliphatic carboxylic acids is 1. The highest BCUT2D eigenvalue weighted by Gasteiger charge is 2.44. The molecular weight excluding hydrogens is 420 g/mol. The molecule has 2 aromatic rings. The van der Waals surface area contributed by atoms with Gasteiger partial charge in [0.25, 0.3) is 0 Å². The topological polar surface area (TPSA) is 105 Å². The first-order valence-electron chi connectivity index (χ1n) is 11.5. The Balaban J connectivity index is 1.25. The molecule has 4 atom stereocenters. The van der Waals surface area contributed by atoms with Crippen LogP contribution in [0.4, 0.5) is 4.79 Å². The summed E-state index contributed by atoms with van der Waals surface area (Å²) in [5.74, 6) is -1.71. The molecule has 0 heterocycles. The Hall–Kier alpha value is -3.35. The Morgan fingerprint density at radius 3 is 2.24 bits per heavy atom. The quantitative estimate of drug-likeness (QED) is 0.539. The van der Waals surface area contributed by atoms with Gasteiger partial charge in [0.05, 0.1) is 0 Å². The molecular formula is C26H30N2O5. The van der Waals surface area contributed by atoms with Crippen LogP contribution in [0, 0.1) is 17.8 Å². The van der Waals surface area contributed by atoms with Gasteiger partial charge < -0.3 is 20.5 Å². The zero-order valence-electron chi connectivity index (χ0n) is 18.9. The van der Waals surface area contributed by atoms with Crippen LogP contribution in [0.5, 0.6) is 0 Å². The maximum atomic E-state index is 12.4. The molecule has 33 heavy (non-hydrogen) atoms. The third-order valence-corrected chi connectivity index (χ3v) is 6.89. The van der Waals surface area contributed by atoms with E-state index >= 15 is 0 Å². The van der Waals surface area contributed by atoms with Crippen LogP contribution in [-0.2, 0) is 14.3 Å². The monoisotopic (exact) mass is 450 g/mol. The second kappa shape index (κ2) is 9.65. The summed E-state index contributed by atoms with van der Waals surface area (Å²) in [7, 11) is 0. The van der Waals surface area contributed by atoms with Gasteiger partial charge in [0, 0.05) is 18.4 Å². The zero-order chi connectivity index (χ0) is 23.5. The molecule has 2 aliphatic rings. The highest BCUT2D eigenvalue weighted by atomic mass is 16.5. The third-order valence-electron chi connectivity index (χ3n) is 6.89. The van der Waals surface area contributed by atoms with Crippen LogP contribution in [0.2, 0.25) is 0 Å². The Kier molecular flexibility index (Phi) is 6.67. The second-order valence-electron chi connectivity index (χ2n) is 9.02. The van der Waals surface area contributed by atoms with Gasteiger partial charge >= 0.3 is 12.1 Å². The molecule has 2 unspecified atom stereocenters. The molecule has 1 saturated carbocycles. The van der Waals surface area contributed by atoms with E-state index in [1.807, 2.05) is 38.1 Å². The van der Waals surface area contributed by atoms with Crippen molar-refractivity contribution < 1.29 is 24.2 Å². The van der Waals surface area contributed by atoms with E-state index in [4.69, 9.17) is 4.74 Å². The fraction of sp³-hybridized carbons (Fsp3) is 0.423. The number of rotatable bonds is 9.